The fourth-order valence-electron chi connectivity index (χ4n) is 2.01. The summed E-state index contributed by atoms with van der Waals surface area (Å²) in [6, 6.07) is 9.91. The highest BCUT2D eigenvalue weighted by atomic mass is 16.4. The van der Waals surface area contributed by atoms with Crippen LogP contribution in [0.3, 0.4) is 0 Å². The number of carbonyl (C=O) groups is 2. The topological polar surface area (TPSA) is 98.1 Å². The van der Waals surface area contributed by atoms with Crippen molar-refractivity contribution < 1.29 is 24.9 Å². The van der Waals surface area contributed by atoms with E-state index in [0.29, 0.717) is 5.69 Å². The SMILES string of the molecule is CN(CC(=O)c1ccc(O)cc1O)c1ccc(C(=O)O)cc1. The summed E-state index contributed by atoms with van der Waals surface area (Å²) in [5.74, 6) is -1.73. The quantitative estimate of drug-likeness (QED) is 0.732. The molecule has 6 heteroatoms. The molecule has 0 aliphatic carbocycles. The lowest BCUT2D eigenvalue weighted by Gasteiger charge is -2.18. The Morgan fingerprint density at radius 1 is 1.05 bits per heavy atom. The zero-order valence-corrected chi connectivity index (χ0v) is 11.9. The minimum absolute atomic E-state index is 0.00472. The van der Waals surface area contributed by atoms with E-state index in [-0.39, 0.29) is 35.0 Å². The third-order valence-electron chi connectivity index (χ3n) is 3.22. The Balaban J connectivity index is 2.12. The van der Waals surface area contributed by atoms with E-state index < -0.39 is 5.97 Å². The second-order valence-electron chi connectivity index (χ2n) is 4.83. The van der Waals surface area contributed by atoms with Gasteiger partial charge >= 0.3 is 5.97 Å². The minimum atomic E-state index is -1.01. The van der Waals surface area contributed by atoms with E-state index in [1.807, 2.05) is 0 Å². The van der Waals surface area contributed by atoms with Gasteiger partial charge in [-0.3, -0.25) is 4.79 Å². The lowest BCUT2D eigenvalue weighted by atomic mass is 10.1. The lowest BCUT2D eigenvalue weighted by Crippen LogP contribution is -2.25. The van der Waals surface area contributed by atoms with Gasteiger partial charge < -0.3 is 20.2 Å². The number of phenols is 2. The van der Waals surface area contributed by atoms with Crippen molar-refractivity contribution in [3.05, 3.63) is 53.6 Å². The molecule has 0 saturated carbocycles. The van der Waals surface area contributed by atoms with E-state index in [0.717, 1.165) is 6.07 Å². The van der Waals surface area contributed by atoms with Gasteiger partial charge in [0.15, 0.2) is 5.78 Å². The molecule has 0 atom stereocenters. The summed E-state index contributed by atoms with van der Waals surface area (Å²) in [6.45, 7) is 0.00472. The number of benzene rings is 2. The Kier molecular flexibility index (Phi) is 4.31. The predicted octanol–water partition coefficient (Wildman–Crippen LogP) is 2.12. The van der Waals surface area contributed by atoms with E-state index in [9.17, 15) is 19.8 Å². The van der Waals surface area contributed by atoms with Crippen LogP contribution in [0.15, 0.2) is 42.5 Å². The molecule has 0 spiro atoms. The number of hydrogen-bond donors (Lipinski definition) is 3. The third-order valence-corrected chi connectivity index (χ3v) is 3.22. The number of ketones is 1. The van der Waals surface area contributed by atoms with Crippen LogP contribution in [0.5, 0.6) is 11.5 Å². The highest BCUT2D eigenvalue weighted by molar-refractivity contribution is 6.01. The van der Waals surface area contributed by atoms with Crippen molar-refractivity contribution in [2.45, 2.75) is 0 Å². The monoisotopic (exact) mass is 301 g/mol. The van der Waals surface area contributed by atoms with Crippen LogP contribution in [0.25, 0.3) is 0 Å². The van der Waals surface area contributed by atoms with Crippen LogP contribution in [0.2, 0.25) is 0 Å². The summed E-state index contributed by atoms with van der Waals surface area (Å²) in [5.41, 5.74) is 0.961. The Hall–Kier alpha value is -3.02. The smallest absolute Gasteiger partial charge is 0.335 e. The molecule has 0 unspecified atom stereocenters. The average molecular weight is 301 g/mol. The average Bonchev–Trinajstić information content (AvgIpc) is 2.47. The molecule has 2 aromatic rings. The van der Waals surface area contributed by atoms with Crippen LogP contribution in [-0.2, 0) is 0 Å². The van der Waals surface area contributed by atoms with E-state index >= 15 is 0 Å². The zero-order chi connectivity index (χ0) is 16.3. The fraction of sp³-hybridized carbons (Fsp3) is 0.125. The van der Waals surface area contributed by atoms with Gasteiger partial charge in [-0.2, -0.15) is 0 Å². The Morgan fingerprint density at radius 3 is 2.23 bits per heavy atom. The molecular formula is C16H15NO5. The molecule has 6 nitrogen and oxygen atoms in total. The summed E-state index contributed by atoms with van der Waals surface area (Å²) in [6.07, 6.45) is 0. The first-order valence-electron chi connectivity index (χ1n) is 6.48. The van der Waals surface area contributed by atoms with Gasteiger partial charge in [0.1, 0.15) is 11.5 Å². The molecule has 0 aromatic heterocycles. The maximum absolute atomic E-state index is 12.2. The van der Waals surface area contributed by atoms with Gasteiger partial charge in [0, 0.05) is 18.8 Å². The first-order valence-corrected chi connectivity index (χ1v) is 6.48. The van der Waals surface area contributed by atoms with E-state index in [4.69, 9.17) is 5.11 Å². The molecule has 0 aliphatic rings. The molecule has 0 aliphatic heterocycles. The van der Waals surface area contributed by atoms with Crippen LogP contribution in [0, 0.1) is 0 Å². The van der Waals surface area contributed by atoms with Crippen molar-refractivity contribution in [1.82, 2.24) is 0 Å². The van der Waals surface area contributed by atoms with Gasteiger partial charge in [0.05, 0.1) is 17.7 Å². The molecule has 0 amide bonds. The molecule has 22 heavy (non-hydrogen) atoms. The standard InChI is InChI=1S/C16H15NO5/c1-17(11-4-2-10(3-5-11)16(21)22)9-15(20)13-7-6-12(18)8-14(13)19/h2-8,18-19H,9H2,1H3,(H,21,22). The molecule has 2 aromatic carbocycles. The molecule has 0 radical (unpaired) electrons. The Morgan fingerprint density at radius 2 is 1.68 bits per heavy atom. The summed E-state index contributed by atoms with van der Waals surface area (Å²) in [4.78, 5) is 24.6. The Bertz CT molecular complexity index is 709. The van der Waals surface area contributed by atoms with Crippen LogP contribution >= 0.6 is 0 Å². The van der Waals surface area contributed by atoms with Gasteiger partial charge in [-0.05, 0) is 36.4 Å². The predicted molar refractivity (Wildman–Crippen MR) is 80.8 cm³/mol. The molecule has 3 N–H and O–H groups in total. The summed E-state index contributed by atoms with van der Waals surface area (Å²) in [5, 5.41) is 27.7. The van der Waals surface area contributed by atoms with Gasteiger partial charge in [0.25, 0.3) is 0 Å². The maximum atomic E-state index is 12.2. The van der Waals surface area contributed by atoms with Crippen LogP contribution in [-0.4, -0.2) is 40.7 Å². The van der Waals surface area contributed by atoms with E-state index in [2.05, 4.69) is 0 Å². The van der Waals surface area contributed by atoms with Crippen molar-refractivity contribution in [2.24, 2.45) is 0 Å². The maximum Gasteiger partial charge on any atom is 0.335 e. The number of carboxylic acid groups (broad SMARTS) is 1. The molecule has 0 saturated heterocycles. The number of anilines is 1. The van der Waals surface area contributed by atoms with Crippen molar-refractivity contribution in [3.63, 3.8) is 0 Å². The number of Topliss-reactive ketones (excluding diaryl/α,β-unsaturated/α-hetero) is 1. The summed E-state index contributed by atoms with van der Waals surface area (Å²) >= 11 is 0. The lowest BCUT2D eigenvalue weighted by molar-refractivity contribution is 0.0696. The van der Waals surface area contributed by atoms with Gasteiger partial charge in [-0.1, -0.05) is 0 Å². The number of likely N-dealkylation sites (N-methyl/N-ethyl adjacent to an activating group) is 1. The number of nitrogens with zero attached hydrogens (tertiary/aromatic N) is 1. The Labute approximate surface area is 126 Å². The highest BCUT2D eigenvalue weighted by Gasteiger charge is 2.14. The van der Waals surface area contributed by atoms with Crippen molar-refractivity contribution >= 4 is 17.4 Å². The zero-order valence-electron chi connectivity index (χ0n) is 11.9. The number of phenolic OH excluding ortho intramolecular Hbond substituents is 2. The van der Waals surface area contributed by atoms with Crippen molar-refractivity contribution in [1.29, 1.82) is 0 Å². The molecule has 0 heterocycles. The molecular weight excluding hydrogens is 286 g/mol. The third kappa shape index (κ3) is 3.35. The number of rotatable bonds is 5. The minimum Gasteiger partial charge on any atom is -0.508 e. The molecule has 2 rings (SSSR count). The molecule has 0 fully saturated rings. The highest BCUT2D eigenvalue weighted by Crippen LogP contribution is 2.23. The number of hydrogen-bond acceptors (Lipinski definition) is 5. The van der Waals surface area contributed by atoms with Gasteiger partial charge in [-0.15, -0.1) is 0 Å². The summed E-state index contributed by atoms with van der Waals surface area (Å²) < 4.78 is 0. The van der Waals surface area contributed by atoms with Crippen LogP contribution in [0.1, 0.15) is 20.7 Å². The second-order valence-corrected chi connectivity index (χ2v) is 4.83. The number of aromatic carboxylic acids is 1. The van der Waals surface area contributed by atoms with Crippen molar-refractivity contribution in [3.8, 4) is 11.5 Å². The number of carbonyl (C=O) groups excluding carboxylic acids is 1. The second kappa shape index (κ2) is 6.17. The number of aromatic hydroxyl groups is 2. The number of carboxylic acids is 1. The van der Waals surface area contributed by atoms with E-state index in [1.54, 1.807) is 24.1 Å². The first kappa shape index (κ1) is 15.4. The van der Waals surface area contributed by atoms with Crippen LogP contribution in [0.4, 0.5) is 5.69 Å². The van der Waals surface area contributed by atoms with Crippen molar-refractivity contribution in [2.75, 3.05) is 18.5 Å². The molecule has 0 bridgehead atoms. The van der Waals surface area contributed by atoms with E-state index in [1.165, 1.54) is 24.3 Å². The van der Waals surface area contributed by atoms with Gasteiger partial charge in [0.2, 0.25) is 0 Å². The molecule has 114 valence electrons. The fourth-order valence-corrected chi connectivity index (χ4v) is 2.01. The van der Waals surface area contributed by atoms with Gasteiger partial charge in [-0.25, -0.2) is 4.79 Å². The summed E-state index contributed by atoms with van der Waals surface area (Å²) in [7, 11) is 1.69. The normalized spacial score (nSPS) is 10.2. The van der Waals surface area contributed by atoms with Crippen LogP contribution < -0.4 is 4.90 Å². The first-order chi connectivity index (χ1) is 10.4. The largest absolute Gasteiger partial charge is 0.508 e.